The monoisotopic (exact) mass is 649 g/mol. The molecule has 3 N–H and O–H groups in total. The van der Waals surface area contributed by atoms with Crippen molar-refractivity contribution in [2.45, 2.75) is 37.7 Å². The van der Waals surface area contributed by atoms with Crippen molar-refractivity contribution < 1.29 is 48.3 Å². The standard InChI is InChI=1S/C34H32ClNO10/c1-17-12-22(38)28(32(40)34(17)33(41)29-25(42-2)15-26(43-3)30(35)31(29)46-34)21(19-6-9-23-24(13-19)45-16-44-23)14-27(39)36-11-10-18-4-7-20(37)8-5-18/h4-9,13,15,17,21,37,40H,10-12,14,16H2,1-3H3,(H,36,39)/t17-,21?,34+/m1/s1. The Morgan fingerprint density at radius 3 is 2.48 bits per heavy atom. The van der Waals surface area contributed by atoms with Gasteiger partial charge in [-0.05, 0) is 41.8 Å². The molecular formula is C34H32ClNO10. The number of allylic oxidation sites excluding steroid dienone is 1. The van der Waals surface area contributed by atoms with E-state index in [1.807, 2.05) is 0 Å². The van der Waals surface area contributed by atoms with Crippen LogP contribution in [0, 0.1) is 5.92 Å². The van der Waals surface area contributed by atoms with Gasteiger partial charge in [0.05, 0.1) is 14.2 Å². The van der Waals surface area contributed by atoms with E-state index >= 15 is 0 Å². The van der Waals surface area contributed by atoms with Gasteiger partial charge in [0.25, 0.3) is 0 Å². The quantitative estimate of drug-likeness (QED) is 0.287. The predicted molar refractivity (Wildman–Crippen MR) is 165 cm³/mol. The molecule has 0 saturated heterocycles. The molecule has 46 heavy (non-hydrogen) atoms. The highest BCUT2D eigenvalue weighted by Crippen LogP contribution is 2.56. The first-order chi connectivity index (χ1) is 22.1. The van der Waals surface area contributed by atoms with E-state index in [9.17, 15) is 24.6 Å². The molecule has 3 aromatic carbocycles. The molecule has 3 aromatic rings. The van der Waals surface area contributed by atoms with E-state index in [2.05, 4.69) is 5.32 Å². The Balaban J connectivity index is 1.40. The fourth-order valence-corrected chi connectivity index (χ4v) is 6.59. The van der Waals surface area contributed by atoms with E-state index in [-0.39, 0.29) is 65.3 Å². The summed E-state index contributed by atoms with van der Waals surface area (Å²) in [5.41, 5.74) is -0.691. The van der Waals surface area contributed by atoms with Crippen LogP contribution in [0.2, 0.25) is 5.02 Å². The highest BCUT2D eigenvalue weighted by atomic mass is 35.5. The van der Waals surface area contributed by atoms with Crippen LogP contribution >= 0.6 is 11.6 Å². The number of rotatable bonds is 9. The Morgan fingerprint density at radius 2 is 1.76 bits per heavy atom. The lowest BCUT2D eigenvalue weighted by Gasteiger charge is -2.38. The van der Waals surface area contributed by atoms with E-state index < -0.39 is 40.7 Å². The maximum absolute atomic E-state index is 14.3. The number of aliphatic hydroxyl groups excluding tert-OH is 1. The second kappa shape index (κ2) is 12.1. The van der Waals surface area contributed by atoms with Crippen molar-refractivity contribution in [2.24, 2.45) is 5.92 Å². The summed E-state index contributed by atoms with van der Waals surface area (Å²) in [5, 5.41) is 24.5. The van der Waals surface area contributed by atoms with Gasteiger partial charge in [0, 0.05) is 42.9 Å². The van der Waals surface area contributed by atoms with E-state index in [4.69, 9.17) is 35.3 Å². The summed E-state index contributed by atoms with van der Waals surface area (Å²) in [5.74, 6) is -2.44. The number of nitrogens with one attached hydrogen (secondary N) is 1. The number of aliphatic hydroxyl groups is 1. The van der Waals surface area contributed by atoms with Crippen molar-refractivity contribution >= 4 is 29.1 Å². The summed E-state index contributed by atoms with van der Waals surface area (Å²) in [6.07, 6.45) is 0.116. The van der Waals surface area contributed by atoms with Gasteiger partial charge in [-0.2, -0.15) is 0 Å². The van der Waals surface area contributed by atoms with Crippen LogP contribution in [0.5, 0.6) is 34.5 Å². The molecule has 0 bridgehead atoms. The third-order valence-electron chi connectivity index (χ3n) is 8.72. The minimum absolute atomic E-state index is 0.0152. The van der Waals surface area contributed by atoms with Crippen LogP contribution in [0.3, 0.4) is 0 Å². The first kappa shape index (κ1) is 31.1. The van der Waals surface area contributed by atoms with Crippen molar-refractivity contribution in [3.05, 3.63) is 81.6 Å². The summed E-state index contributed by atoms with van der Waals surface area (Å²) in [4.78, 5) is 41.5. The number of hydrogen-bond donors (Lipinski definition) is 3. The number of carbonyl (C=O) groups excluding carboxylic acids is 3. The molecule has 1 aliphatic carbocycles. The highest BCUT2D eigenvalue weighted by molar-refractivity contribution is 6.35. The number of ketones is 2. The molecule has 3 atom stereocenters. The number of hydrogen-bond acceptors (Lipinski definition) is 10. The Hall–Kier alpha value is -4.90. The number of amides is 1. The summed E-state index contributed by atoms with van der Waals surface area (Å²) in [7, 11) is 2.79. The number of benzene rings is 3. The molecular weight excluding hydrogens is 618 g/mol. The molecule has 11 nitrogen and oxygen atoms in total. The van der Waals surface area contributed by atoms with E-state index in [0.717, 1.165) is 5.56 Å². The third kappa shape index (κ3) is 5.14. The molecule has 0 aromatic heterocycles. The van der Waals surface area contributed by atoms with Crippen molar-refractivity contribution in [2.75, 3.05) is 27.6 Å². The number of phenolic OH excluding ortho intramolecular Hbond substituents is 1. The van der Waals surface area contributed by atoms with Crippen molar-refractivity contribution in [1.82, 2.24) is 5.32 Å². The van der Waals surface area contributed by atoms with Gasteiger partial charge in [-0.1, -0.05) is 36.7 Å². The minimum Gasteiger partial charge on any atom is -0.508 e. The van der Waals surface area contributed by atoms with Crippen molar-refractivity contribution in [3.63, 3.8) is 0 Å². The molecule has 0 radical (unpaired) electrons. The average molecular weight is 650 g/mol. The SMILES string of the molecule is COc1cc(OC)c2c(c1Cl)O[C@]1(C2=O)C(O)=C(C(CC(=O)NCCc2ccc(O)cc2)c2ccc3c(c2)OCO3)C(=O)C[C@H]1C. The number of Topliss-reactive ketones (excluding diaryl/α,β-unsaturated/α-hetero) is 2. The summed E-state index contributed by atoms with van der Waals surface area (Å²) >= 11 is 6.58. The van der Waals surface area contributed by atoms with Crippen LogP contribution in [0.1, 0.15) is 47.2 Å². The fraction of sp³-hybridized carbons (Fsp3) is 0.324. The highest BCUT2D eigenvalue weighted by Gasteiger charge is 2.61. The molecule has 3 aliphatic rings. The van der Waals surface area contributed by atoms with E-state index in [0.29, 0.717) is 23.5 Å². The van der Waals surface area contributed by atoms with Crippen LogP contribution in [-0.2, 0) is 16.0 Å². The molecule has 1 unspecified atom stereocenters. The fourth-order valence-electron chi connectivity index (χ4n) is 6.32. The number of ether oxygens (including phenoxy) is 5. The van der Waals surface area contributed by atoms with Crippen LogP contribution in [0.15, 0.2) is 59.9 Å². The van der Waals surface area contributed by atoms with Crippen LogP contribution in [0.25, 0.3) is 0 Å². The van der Waals surface area contributed by atoms with Gasteiger partial charge in [0.15, 0.2) is 28.8 Å². The number of fused-ring (bicyclic) bond motifs is 2. The summed E-state index contributed by atoms with van der Waals surface area (Å²) < 4.78 is 28.1. The zero-order valence-corrected chi connectivity index (χ0v) is 26.1. The van der Waals surface area contributed by atoms with Gasteiger partial charge in [0.1, 0.15) is 27.8 Å². The van der Waals surface area contributed by atoms with Gasteiger partial charge in [-0.15, -0.1) is 0 Å². The average Bonchev–Trinajstić information content (AvgIpc) is 3.64. The van der Waals surface area contributed by atoms with E-state index in [1.165, 1.54) is 20.3 Å². The first-order valence-corrected chi connectivity index (χ1v) is 15.1. The molecule has 1 spiro atoms. The number of methoxy groups -OCH3 is 2. The zero-order chi connectivity index (χ0) is 32.7. The normalized spacial score (nSPS) is 20.4. The molecule has 0 saturated carbocycles. The lowest BCUT2D eigenvalue weighted by molar-refractivity contribution is -0.121. The first-order valence-electron chi connectivity index (χ1n) is 14.7. The largest absolute Gasteiger partial charge is 0.508 e. The lowest BCUT2D eigenvalue weighted by atomic mass is 9.69. The van der Waals surface area contributed by atoms with Crippen LogP contribution in [-0.4, -0.2) is 60.8 Å². The van der Waals surface area contributed by atoms with Gasteiger partial charge in [-0.25, -0.2) is 0 Å². The van der Waals surface area contributed by atoms with Gasteiger partial charge in [0.2, 0.25) is 24.1 Å². The molecule has 12 heteroatoms. The number of aromatic hydroxyl groups is 1. The number of halogens is 1. The Morgan fingerprint density at radius 1 is 1.04 bits per heavy atom. The summed E-state index contributed by atoms with van der Waals surface area (Å²) in [6.45, 7) is 1.94. The maximum Gasteiger partial charge on any atom is 0.231 e. The topological polar surface area (TPSA) is 150 Å². The molecule has 0 fully saturated rings. The van der Waals surface area contributed by atoms with Gasteiger partial charge >= 0.3 is 0 Å². The number of carbonyl (C=O) groups is 3. The Kier molecular flexibility index (Phi) is 8.20. The molecule has 6 rings (SSSR count). The second-order valence-electron chi connectivity index (χ2n) is 11.4. The number of phenols is 1. The predicted octanol–water partition coefficient (Wildman–Crippen LogP) is 5.06. The minimum atomic E-state index is -2.00. The molecule has 2 heterocycles. The molecule has 240 valence electrons. The smallest absolute Gasteiger partial charge is 0.231 e. The molecule has 1 amide bonds. The van der Waals surface area contributed by atoms with Crippen molar-refractivity contribution in [1.29, 1.82) is 0 Å². The zero-order valence-electron chi connectivity index (χ0n) is 25.3. The lowest BCUT2D eigenvalue weighted by Crippen LogP contribution is -2.53. The Bertz CT molecular complexity index is 1770. The van der Waals surface area contributed by atoms with Crippen molar-refractivity contribution in [3.8, 4) is 34.5 Å². The maximum atomic E-state index is 14.3. The third-order valence-corrected chi connectivity index (χ3v) is 9.08. The van der Waals surface area contributed by atoms with Gasteiger partial charge < -0.3 is 39.2 Å². The van der Waals surface area contributed by atoms with Gasteiger partial charge in [-0.3, -0.25) is 14.4 Å². The Labute approximate surface area is 269 Å². The van der Waals surface area contributed by atoms with Crippen LogP contribution < -0.4 is 29.0 Å². The summed E-state index contributed by atoms with van der Waals surface area (Å²) in [6, 6.07) is 13.1. The molecule has 2 aliphatic heterocycles. The van der Waals surface area contributed by atoms with Crippen LogP contribution in [0.4, 0.5) is 0 Å². The van der Waals surface area contributed by atoms with E-state index in [1.54, 1.807) is 49.4 Å². The second-order valence-corrected chi connectivity index (χ2v) is 11.8.